The second-order valence-electron chi connectivity index (χ2n) is 18.1. The topological polar surface area (TPSA) is 61.8 Å². The summed E-state index contributed by atoms with van der Waals surface area (Å²) in [6.07, 6.45) is 80.7. The minimum Gasteiger partial charge on any atom is -0.462 e. The average molecular weight is 942 g/mol. The maximum absolute atomic E-state index is 12.8. The highest BCUT2D eigenvalue weighted by atomic mass is 16.6. The lowest BCUT2D eigenvalue weighted by molar-refractivity contribution is -0.163. The van der Waals surface area contributed by atoms with Gasteiger partial charge >= 0.3 is 11.9 Å². The van der Waals surface area contributed by atoms with E-state index in [0.717, 1.165) is 135 Å². The van der Waals surface area contributed by atoms with Crippen molar-refractivity contribution in [2.75, 3.05) is 19.8 Å². The van der Waals surface area contributed by atoms with E-state index >= 15 is 0 Å². The number of carbonyl (C=O) groups is 2. The van der Waals surface area contributed by atoms with Crippen LogP contribution in [0.5, 0.6) is 0 Å². The van der Waals surface area contributed by atoms with E-state index in [-0.39, 0.29) is 25.2 Å². The van der Waals surface area contributed by atoms with E-state index in [9.17, 15) is 9.59 Å². The van der Waals surface area contributed by atoms with Crippen molar-refractivity contribution in [2.24, 2.45) is 0 Å². The number of hydrogen-bond donors (Lipinski definition) is 0. The van der Waals surface area contributed by atoms with Crippen LogP contribution in [0.3, 0.4) is 0 Å². The molecule has 0 amide bonds. The van der Waals surface area contributed by atoms with E-state index in [4.69, 9.17) is 14.2 Å². The standard InChI is InChI=1S/C63H104O5/c1-4-7-10-13-16-19-22-25-27-29-31-33-35-37-40-43-46-49-52-55-58-66-59-61(68-63(65)57-54-51-48-45-42-38-24-21-18-15-12-9-6-3)60-67-62(64)56-53-50-47-44-41-39-36-34-32-30-28-26-23-20-17-14-11-8-5-2/h7,10,12,15-17,19-21,24-28,31-34,37,40,61H,4-6,8-9,11,13-14,18,22-23,29-30,35-36,38-39,41-60H2,1-3H3/b10-7-,15-12-,19-16-,20-17-,24-21-,27-25-,28-26-,33-31-,34-32-,40-37-. The quantitative estimate of drug-likeness (QED) is 0.0345. The van der Waals surface area contributed by atoms with Gasteiger partial charge in [0.2, 0.25) is 0 Å². The zero-order chi connectivity index (χ0) is 49.2. The smallest absolute Gasteiger partial charge is 0.306 e. The van der Waals surface area contributed by atoms with E-state index in [2.05, 4.69) is 142 Å². The molecule has 0 spiro atoms. The monoisotopic (exact) mass is 941 g/mol. The maximum atomic E-state index is 12.8. The lowest BCUT2D eigenvalue weighted by Gasteiger charge is -2.18. The zero-order valence-corrected chi connectivity index (χ0v) is 44.3. The summed E-state index contributed by atoms with van der Waals surface area (Å²) in [6, 6.07) is 0. The Morgan fingerprint density at radius 1 is 0.338 bits per heavy atom. The molecular weight excluding hydrogens is 837 g/mol. The van der Waals surface area contributed by atoms with Gasteiger partial charge in [0, 0.05) is 19.4 Å². The Kier molecular flexibility index (Phi) is 54.5. The van der Waals surface area contributed by atoms with Gasteiger partial charge < -0.3 is 14.2 Å². The summed E-state index contributed by atoms with van der Waals surface area (Å²) in [5.74, 6) is -0.448. The lowest BCUT2D eigenvalue weighted by Crippen LogP contribution is -2.30. The van der Waals surface area contributed by atoms with Crippen LogP contribution in [0.25, 0.3) is 0 Å². The van der Waals surface area contributed by atoms with Crippen molar-refractivity contribution in [3.05, 3.63) is 122 Å². The molecular formula is C63H104O5. The average Bonchev–Trinajstić information content (AvgIpc) is 3.34. The molecule has 0 radical (unpaired) electrons. The van der Waals surface area contributed by atoms with E-state index in [0.29, 0.717) is 19.4 Å². The van der Waals surface area contributed by atoms with Gasteiger partial charge in [0.15, 0.2) is 6.10 Å². The van der Waals surface area contributed by atoms with Crippen LogP contribution < -0.4 is 0 Å². The molecule has 1 unspecified atom stereocenters. The van der Waals surface area contributed by atoms with Crippen molar-refractivity contribution in [3.8, 4) is 0 Å². The molecule has 0 aromatic rings. The van der Waals surface area contributed by atoms with Crippen molar-refractivity contribution < 1.29 is 23.8 Å². The lowest BCUT2D eigenvalue weighted by atomic mass is 10.1. The van der Waals surface area contributed by atoms with E-state index in [1.807, 2.05) is 0 Å². The first-order chi connectivity index (χ1) is 33.6. The Hall–Kier alpha value is -3.70. The van der Waals surface area contributed by atoms with Crippen molar-refractivity contribution >= 4 is 11.9 Å². The van der Waals surface area contributed by atoms with Gasteiger partial charge in [-0.25, -0.2) is 0 Å². The predicted molar refractivity (Wildman–Crippen MR) is 297 cm³/mol. The number of carbonyl (C=O) groups excluding carboxylic acids is 2. The first-order valence-electron chi connectivity index (χ1n) is 28.1. The Labute approximate surface area is 420 Å². The second kappa shape index (κ2) is 57.6. The fraction of sp³-hybridized carbons (Fsp3) is 0.651. The molecule has 0 rings (SSSR count). The molecule has 0 aliphatic heterocycles. The predicted octanol–water partition coefficient (Wildman–Crippen LogP) is 19.3. The SMILES string of the molecule is CC/C=C\C/C=C\C/C=C\C/C=C\C/C=C\CCCCCCOCC(COC(=O)CCCCCCCC/C=C\C/C=C\C/C=C\CCCCC)OC(=O)CCCCCCC/C=C\C/C=C\CCC. The van der Waals surface area contributed by atoms with Gasteiger partial charge in [0.25, 0.3) is 0 Å². The van der Waals surface area contributed by atoms with Crippen molar-refractivity contribution in [1.29, 1.82) is 0 Å². The Balaban J connectivity index is 4.37. The Morgan fingerprint density at radius 3 is 1.12 bits per heavy atom. The molecule has 0 fully saturated rings. The summed E-state index contributed by atoms with van der Waals surface area (Å²) in [5, 5.41) is 0. The molecule has 5 nitrogen and oxygen atoms in total. The van der Waals surface area contributed by atoms with Gasteiger partial charge in [-0.2, -0.15) is 0 Å². The number of ether oxygens (including phenoxy) is 3. The molecule has 0 bridgehead atoms. The Morgan fingerprint density at radius 2 is 0.691 bits per heavy atom. The number of rotatable bonds is 50. The maximum Gasteiger partial charge on any atom is 0.306 e. The minimum atomic E-state index is -0.572. The van der Waals surface area contributed by atoms with Crippen LogP contribution in [-0.4, -0.2) is 37.9 Å². The summed E-state index contributed by atoms with van der Waals surface area (Å²) in [6.45, 7) is 7.53. The fourth-order valence-electron chi connectivity index (χ4n) is 7.29. The highest BCUT2D eigenvalue weighted by Crippen LogP contribution is 2.13. The number of unbranched alkanes of at least 4 members (excludes halogenated alkanes) is 19. The van der Waals surface area contributed by atoms with Crippen LogP contribution in [0.2, 0.25) is 0 Å². The molecule has 0 aromatic carbocycles. The summed E-state index contributed by atoms with van der Waals surface area (Å²) < 4.78 is 17.4. The summed E-state index contributed by atoms with van der Waals surface area (Å²) in [4.78, 5) is 25.5. The third-order valence-electron chi connectivity index (χ3n) is 11.4. The Bertz CT molecular complexity index is 1390. The second-order valence-corrected chi connectivity index (χ2v) is 18.1. The third kappa shape index (κ3) is 54.9. The number of esters is 2. The van der Waals surface area contributed by atoms with Gasteiger partial charge in [0.1, 0.15) is 6.61 Å². The van der Waals surface area contributed by atoms with Crippen LogP contribution >= 0.6 is 0 Å². The van der Waals surface area contributed by atoms with Crippen LogP contribution in [0.4, 0.5) is 0 Å². The molecule has 0 aliphatic rings. The molecule has 386 valence electrons. The number of hydrogen-bond acceptors (Lipinski definition) is 5. The van der Waals surface area contributed by atoms with Crippen LogP contribution in [-0.2, 0) is 23.8 Å². The van der Waals surface area contributed by atoms with Crippen molar-refractivity contribution in [3.63, 3.8) is 0 Å². The van der Waals surface area contributed by atoms with Crippen molar-refractivity contribution in [2.45, 2.75) is 245 Å². The molecule has 0 saturated carbocycles. The summed E-state index contributed by atoms with van der Waals surface area (Å²) in [5.41, 5.74) is 0. The first-order valence-corrected chi connectivity index (χ1v) is 28.1. The van der Waals surface area contributed by atoms with Crippen LogP contribution in [0.15, 0.2) is 122 Å². The van der Waals surface area contributed by atoms with Crippen LogP contribution in [0, 0.1) is 0 Å². The molecule has 0 N–H and O–H groups in total. The van der Waals surface area contributed by atoms with Gasteiger partial charge in [0.05, 0.1) is 6.61 Å². The molecule has 68 heavy (non-hydrogen) atoms. The van der Waals surface area contributed by atoms with Gasteiger partial charge in [-0.15, -0.1) is 0 Å². The third-order valence-corrected chi connectivity index (χ3v) is 11.4. The number of allylic oxidation sites excluding steroid dienone is 20. The zero-order valence-electron chi connectivity index (χ0n) is 44.3. The highest BCUT2D eigenvalue weighted by molar-refractivity contribution is 5.70. The van der Waals surface area contributed by atoms with Crippen LogP contribution in [0.1, 0.15) is 239 Å². The van der Waals surface area contributed by atoms with E-state index in [1.54, 1.807) is 0 Å². The fourth-order valence-corrected chi connectivity index (χ4v) is 7.29. The molecule has 0 aliphatic carbocycles. The highest BCUT2D eigenvalue weighted by Gasteiger charge is 2.17. The molecule has 1 atom stereocenters. The summed E-state index contributed by atoms with van der Waals surface area (Å²) >= 11 is 0. The van der Waals surface area contributed by atoms with E-state index < -0.39 is 6.10 Å². The van der Waals surface area contributed by atoms with E-state index in [1.165, 1.54) is 70.6 Å². The van der Waals surface area contributed by atoms with Crippen molar-refractivity contribution in [1.82, 2.24) is 0 Å². The van der Waals surface area contributed by atoms with Gasteiger partial charge in [-0.1, -0.05) is 219 Å². The van der Waals surface area contributed by atoms with Gasteiger partial charge in [-0.05, 0) is 128 Å². The first kappa shape index (κ1) is 64.3. The molecule has 0 aromatic heterocycles. The van der Waals surface area contributed by atoms with Gasteiger partial charge in [-0.3, -0.25) is 9.59 Å². The molecule has 0 heterocycles. The summed E-state index contributed by atoms with van der Waals surface area (Å²) in [7, 11) is 0. The largest absolute Gasteiger partial charge is 0.462 e. The normalized spacial score (nSPS) is 13.2. The molecule has 5 heteroatoms. The molecule has 0 saturated heterocycles. The minimum absolute atomic E-state index is 0.0548.